The number of carbonyl (C=O) groups is 2. The van der Waals surface area contributed by atoms with Gasteiger partial charge < -0.3 is 11.1 Å². The predicted octanol–water partition coefficient (Wildman–Crippen LogP) is -0.223. The van der Waals surface area contributed by atoms with E-state index in [0.29, 0.717) is 6.42 Å². The molecule has 0 aromatic rings. The van der Waals surface area contributed by atoms with Gasteiger partial charge in [-0.1, -0.05) is 0 Å². The molecule has 12 heavy (non-hydrogen) atoms. The van der Waals surface area contributed by atoms with Gasteiger partial charge in [-0.05, 0) is 19.3 Å². The van der Waals surface area contributed by atoms with Gasteiger partial charge in [0.2, 0.25) is 11.8 Å². The lowest BCUT2D eigenvalue weighted by atomic mass is 10.1. The number of carbonyl (C=O) groups excluding carboxylic acids is 2. The predicted molar refractivity (Wildman–Crippen MR) is 44.1 cm³/mol. The van der Waals surface area contributed by atoms with E-state index in [0.717, 1.165) is 12.8 Å². The Balaban J connectivity index is 2.35. The van der Waals surface area contributed by atoms with Gasteiger partial charge in [0.05, 0.1) is 0 Å². The highest BCUT2D eigenvalue weighted by Gasteiger charge is 2.28. The first-order valence-corrected chi connectivity index (χ1v) is 4.16. The quantitative estimate of drug-likeness (QED) is 0.601. The molecular weight excluding hydrogens is 156 g/mol. The first-order chi connectivity index (χ1) is 5.59. The molecule has 1 aliphatic rings. The van der Waals surface area contributed by atoms with Gasteiger partial charge >= 0.3 is 0 Å². The molecule has 2 atom stereocenters. The zero-order valence-corrected chi connectivity index (χ0v) is 7.17. The minimum Gasteiger partial charge on any atom is -0.369 e. The molecule has 0 aromatic carbocycles. The minimum absolute atomic E-state index is 0.0369. The number of nitrogens with one attached hydrogen (secondary N) is 1. The highest BCUT2D eigenvalue weighted by Crippen LogP contribution is 2.24. The third-order valence-corrected chi connectivity index (χ3v) is 2.24. The molecule has 0 radical (unpaired) electrons. The topological polar surface area (TPSA) is 72.2 Å². The molecule has 0 aliphatic heterocycles. The van der Waals surface area contributed by atoms with E-state index < -0.39 is 0 Å². The molecule has 2 unspecified atom stereocenters. The number of rotatable bonds is 2. The lowest BCUT2D eigenvalue weighted by molar-refractivity contribution is -0.122. The number of hydrogen-bond acceptors (Lipinski definition) is 2. The van der Waals surface area contributed by atoms with Gasteiger partial charge in [0.1, 0.15) is 0 Å². The number of nitrogens with two attached hydrogens (primary N) is 1. The van der Waals surface area contributed by atoms with Crippen LogP contribution in [0.1, 0.15) is 26.2 Å². The van der Waals surface area contributed by atoms with E-state index in [1.807, 2.05) is 0 Å². The van der Waals surface area contributed by atoms with Crippen LogP contribution in [0.15, 0.2) is 0 Å². The number of hydrogen-bond donors (Lipinski definition) is 2. The molecule has 1 aliphatic carbocycles. The average molecular weight is 170 g/mol. The first kappa shape index (κ1) is 9.03. The van der Waals surface area contributed by atoms with Gasteiger partial charge in [-0.3, -0.25) is 9.59 Å². The van der Waals surface area contributed by atoms with Crippen molar-refractivity contribution in [3.63, 3.8) is 0 Å². The van der Waals surface area contributed by atoms with Crippen LogP contribution in [0, 0.1) is 5.92 Å². The van der Waals surface area contributed by atoms with Crippen LogP contribution in [0.2, 0.25) is 0 Å². The third-order valence-electron chi connectivity index (χ3n) is 2.24. The second-order valence-corrected chi connectivity index (χ2v) is 3.31. The molecule has 0 bridgehead atoms. The Kier molecular flexibility index (Phi) is 2.68. The standard InChI is InChI=1S/C8H14N2O2/c1-5(11)10-7-3-2-6(4-7)8(9)12/h6-7H,2-4H2,1H3,(H2,9,12)(H,10,11). The summed E-state index contributed by atoms with van der Waals surface area (Å²) >= 11 is 0. The summed E-state index contributed by atoms with van der Waals surface area (Å²) in [6.45, 7) is 1.48. The molecular formula is C8H14N2O2. The van der Waals surface area contributed by atoms with E-state index in [2.05, 4.69) is 5.32 Å². The van der Waals surface area contributed by atoms with Gasteiger partial charge in [-0.25, -0.2) is 0 Å². The van der Waals surface area contributed by atoms with E-state index >= 15 is 0 Å². The lowest BCUT2D eigenvalue weighted by Crippen LogP contribution is -2.31. The Bertz CT molecular complexity index is 203. The van der Waals surface area contributed by atoms with Crippen molar-refractivity contribution in [2.75, 3.05) is 0 Å². The van der Waals surface area contributed by atoms with Crippen molar-refractivity contribution in [2.24, 2.45) is 11.7 Å². The first-order valence-electron chi connectivity index (χ1n) is 4.16. The van der Waals surface area contributed by atoms with Crippen LogP contribution < -0.4 is 11.1 Å². The maximum absolute atomic E-state index is 10.7. The molecule has 0 spiro atoms. The highest BCUT2D eigenvalue weighted by atomic mass is 16.2. The van der Waals surface area contributed by atoms with Crippen LogP contribution in [0.4, 0.5) is 0 Å². The van der Waals surface area contributed by atoms with Gasteiger partial charge in [-0.15, -0.1) is 0 Å². The van der Waals surface area contributed by atoms with Gasteiger partial charge in [-0.2, -0.15) is 0 Å². The molecule has 2 amide bonds. The highest BCUT2D eigenvalue weighted by molar-refractivity contribution is 5.77. The van der Waals surface area contributed by atoms with Crippen molar-refractivity contribution in [3.05, 3.63) is 0 Å². The SMILES string of the molecule is CC(=O)NC1CCC(C(N)=O)C1. The fourth-order valence-electron chi connectivity index (χ4n) is 1.66. The Morgan fingerprint density at radius 2 is 2.08 bits per heavy atom. The summed E-state index contributed by atoms with van der Waals surface area (Å²) in [7, 11) is 0. The Labute approximate surface area is 71.5 Å². The number of primary amides is 1. The second-order valence-electron chi connectivity index (χ2n) is 3.31. The van der Waals surface area contributed by atoms with Gasteiger partial charge in [0.15, 0.2) is 0 Å². The molecule has 4 nitrogen and oxygen atoms in total. The van der Waals surface area contributed by atoms with E-state index in [1.165, 1.54) is 6.92 Å². The van der Waals surface area contributed by atoms with Crippen molar-refractivity contribution in [3.8, 4) is 0 Å². The Hall–Kier alpha value is -1.06. The second kappa shape index (κ2) is 3.56. The molecule has 4 heteroatoms. The minimum atomic E-state index is -0.247. The van der Waals surface area contributed by atoms with Crippen molar-refractivity contribution in [1.82, 2.24) is 5.32 Å². The van der Waals surface area contributed by atoms with Crippen molar-refractivity contribution < 1.29 is 9.59 Å². The van der Waals surface area contributed by atoms with Crippen LogP contribution in [0.3, 0.4) is 0 Å². The van der Waals surface area contributed by atoms with Crippen LogP contribution in [0.25, 0.3) is 0 Å². The fraction of sp³-hybridized carbons (Fsp3) is 0.750. The zero-order chi connectivity index (χ0) is 9.14. The maximum atomic E-state index is 10.7. The third kappa shape index (κ3) is 2.22. The van der Waals surface area contributed by atoms with E-state index in [9.17, 15) is 9.59 Å². The zero-order valence-electron chi connectivity index (χ0n) is 7.17. The smallest absolute Gasteiger partial charge is 0.220 e. The number of amides is 2. The average Bonchev–Trinajstić information content (AvgIpc) is 2.34. The van der Waals surface area contributed by atoms with Crippen LogP contribution >= 0.6 is 0 Å². The lowest BCUT2D eigenvalue weighted by Gasteiger charge is -2.09. The molecule has 3 N–H and O–H groups in total. The molecule has 0 aromatic heterocycles. The maximum Gasteiger partial charge on any atom is 0.220 e. The summed E-state index contributed by atoms with van der Waals surface area (Å²) in [5.74, 6) is -0.324. The van der Waals surface area contributed by atoms with Gasteiger partial charge in [0.25, 0.3) is 0 Å². The monoisotopic (exact) mass is 170 g/mol. The summed E-state index contributed by atoms with van der Waals surface area (Å²) in [5, 5.41) is 2.78. The Morgan fingerprint density at radius 3 is 2.50 bits per heavy atom. The van der Waals surface area contributed by atoms with E-state index in [1.54, 1.807) is 0 Å². The fourth-order valence-corrected chi connectivity index (χ4v) is 1.66. The van der Waals surface area contributed by atoms with Crippen molar-refractivity contribution in [1.29, 1.82) is 0 Å². The summed E-state index contributed by atoms with van der Waals surface area (Å²) in [5.41, 5.74) is 5.14. The van der Waals surface area contributed by atoms with E-state index in [-0.39, 0.29) is 23.8 Å². The Morgan fingerprint density at radius 1 is 1.42 bits per heavy atom. The molecule has 1 fully saturated rings. The summed E-state index contributed by atoms with van der Waals surface area (Å²) in [4.78, 5) is 21.4. The largest absolute Gasteiger partial charge is 0.369 e. The normalized spacial score (nSPS) is 28.4. The molecule has 0 saturated heterocycles. The van der Waals surface area contributed by atoms with E-state index in [4.69, 9.17) is 5.73 Å². The molecule has 1 rings (SSSR count). The summed E-state index contributed by atoms with van der Waals surface area (Å²) in [6.07, 6.45) is 2.38. The molecule has 1 saturated carbocycles. The van der Waals surface area contributed by atoms with Crippen molar-refractivity contribution >= 4 is 11.8 Å². The molecule has 0 heterocycles. The van der Waals surface area contributed by atoms with Crippen LogP contribution in [-0.4, -0.2) is 17.9 Å². The summed E-state index contributed by atoms with van der Waals surface area (Å²) in [6, 6.07) is 0.153. The summed E-state index contributed by atoms with van der Waals surface area (Å²) < 4.78 is 0. The molecule has 68 valence electrons. The van der Waals surface area contributed by atoms with Gasteiger partial charge in [0, 0.05) is 18.9 Å². The van der Waals surface area contributed by atoms with Crippen LogP contribution in [0.5, 0.6) is 0 Å². The van der Waals surface area contributed by atoms with Crippen molar-refractivity contribution in [2.45, 2.75) is 32.2 Å². The van der Waals surface area contributed by atoms with Crippen LogP contribution in [-0.2, 0) is 9.59 Å².